The normalized spacial score (nSPS) is 32.0. The highest BCUT2D eigenvalue weighted by atomic mass is 32.2. The van der Waals surface area contributed by atoms with E-state index in [1.165, 1.54) is 0 Å². The summed E-state index contributed by atoms with van der Waals surface area (Å²) >= 11 is 0. The van der Waals surface area contributed by atoms with Crippen LogP contribution in [0.4, 0.5) is 0 Å². The third-order valence-electron chi connectivity index (χ3n) is 3.26. The van der Waals surface area contributed by atoms with Crippen LogP contribution in [0.15, 0.2) is 0 Å². The number of sulfonamides is 1. The van der Waals surface area contributed by atoms with Gasteiger partial charge in [0, 0.05) is 6.04 Å². The van der Waals surface area contributed by atoms with Crippen LogP contribution in [-0.4, -0.2) is 19.7 Å². The van der Waals surface area contributed by atoms with E-state index >= 15 is 0 Å². The van der Waals surface area contributed by atoms with Crippen LogP contribution in [0.25, 0.3) is 0 Å². The van der Waals surface area contributed by atoms with Gasteiger partial charge in [0.2, 0.25) is 10.0 Å². The summed E-state index contributed by atoms with van der Waals surface area (Å²) in [5, 5.41) is -0.0776. The molecule has 3 nitrogen and oxygen atoms in total. The lowest BCUT2D eigenvalue weighted by atomic mass is 9.92. The van der Waals surface area contributed by atoms with E-state index in [1.54, 1.807) is 0 Å². The van der Waals surface area contributed by atoms with Crippen molar-refractivity contribution in [3.8, 4) is 0 Å². The standard InChI is InChI=1S/C10H19NO2S/c1-10(2)6-5-8(7-10)11-14(12,13)9-3-4-9/h8-9,11H,3-7H2,1-2H3. The summed E-state index contributed by atoms with van der Waals surface area (Å²) in [6, 6.07) is 0.190. The fourth-order valence-electron chi connectivity index (χ4n) is 2.24. The summed E-state index contributed by atoms with van der Waals surface area (Å²) in [4.78, 5) is 0. The summed E-state index contributed by atoms with van der Waals surface area (Å²) in [6.45, 7) is 4.41. The van der Waals surface area contributed by atoms with Crippen LogP contribution in [0.5, 0.6) is 0 Å². The molecule has 4 heteroatoms. The van der Waals surface area contributed by atoms with Crippen molar-refractivity contribution >= 4 is 10.0 Å². The highest BCUT2D eigenvalue weighted by molar-refractivity contribution is 7.90. The van der Waals surface area contributed by atoms with E-state index in [9.17, 15) is 8.42 Å². The zero-order chi connectivity index (χ0) is 10.4. The maximum absolute atomic E-state index is 11.6. The molecule has 0 aliphatic heterocycles. The molecule has 0 heterocycles. The van der Waals surface area contributed by atoms with Gasteiger partial charge in [-0.05, 0) is 37.5 Å². The van der Waals surface area contributed by atoms with Gasteiger partial charge in [0.25, 0.3) is 0 Å². The van der Waals surface area contributed by atoms with Gasteiger partial charge in [0.15, 0.2) is 0 Å². The Balaban J connectivity index is 1.93. The van der Waals surface area contributed by atoms with Crippen LogP contribution in [0.2, 0.25) is 0 Å². The fraction of sp³-hybridized carbons (Fsp3) is 1.00. The number of rotatable bonds is 3. The molecule has 2 rings (SSSR count). The van der Waals surface area contributed by atoms with Gasteiger partial charge in [0.1, 0.15) is 0 Å². The second-order valence-corrected chi connectivity index (χ2v) is 7.46. The van der Waals surface area contributed by atoms with Crippen LogP contribution in [0.1, 0.15) is 46.0 Å². The molecule has 0 radical (unpaired) electrons. The van der Waals surface area contributed by atoms with Gasteiger partial charge in [-0.25, -0.2) is 13.1 Å². The van der Waals surface area contributed by atoms with E-state index in [4.69, 9.17) is 0 Å². The lowest BCUT2D eigenvalue weighted by Gasteiger charge is -2.17. The van der Waals surface area contributed by atoms with Gasteiger partial charge in [-0.2, -0.15) is 0 Å². The van der Waals surface area contributed by atoms with Crippen LogP contribution < -0.4 is 4.72 Å². The highest BCUT2D eigenvalue weighted by Gasteiger charge is 2.39. The van der Waals surface area contributed by atoms with Crippen LogP contribution in [0, 0.1) is 5.41 Å². The predicted molar refractivity (Wildman–Crippen MR) is 56.5 cm³/mol. The molecular weight excluding hydrogens is 198 g/mol. The average molecular weight is 217 g/mol. The Morgan fingerprint density at radius 1 is 1.21 bits per heavy atom. The SMILES string of the molecule is CC1(C)CCC(NS(=O)(=O)C2CC2)C1. The summed E-state index contributed by atoms with van der Waals surface area (Å²) in [6.07, 6.45) is 4.82. The zero-order valence-corrected chi connectivity index (χ0v) is 9.73. The Labute approximate surface area is 86.3 Å². The molecule has 0 aromatic carbocycles. The molecule has 0 aromatic rings. The molecule has 14 heavy (non-hydrogen) atoms. The summed E-state index contributed by atoms with van der Waals surface area (Å²) < 4.78 is 26.1. The van der Waals surface area contributed by atoms with Crippen molar-refractivity contribution < 1.29 is 8.42 Å². The van der Waals surface area contributed by atoms with Gasteiger partial charge in [-0.1, -0.05) is 13.8 Å². The summed E-state index contributed by atoms with van der Waals surface area (Å²) in [5.41, 5.74) is 0.316. The van der Waals surface area contributed by atoms with Gasteiger partial charge >= 0.3 is 0 Å². The molecule has 2 aliphatic carbocycles. The van der Waals surface area contributed by atoms with Crippen LogP contribution in [0.3, 0.4) is 0 Å². The molecule has 2 aliphatic rings. The smallest absolute Gasteiger partial charge is 0.212 e. The molecule has 0 bridgehead atoms. The molecule has 82 valence electrons. The van der Waals surface area contributed by atoms with Gasteiger partial charge in [0.05, 0.1) is 5.25 Å². The first-order chi connectivity index (χ1) is 6.39. The quantitative estimate of drug-likeness (QED) is 0.781. The molecule has 1 atom stereocenters. The van der Waals surface area contributed by atoms with E-state index in [1.807, 2.05) is 0 Å². The van der Waals surface area contributed by atoms with Crippen molar-refractivity contribution in [3.63, 3.8) is 0 Å². The first kappa shape index (κ1) is 10.4. The molecule has 0 saturated heterocycles. The first-order valence-electron chi connectivity index (χ1n) is 5.40. The first-order valence-corrected chi connectivity index (χ1v) is 6.95. The molecule has 1 unspecified atom stereocenters. The van der Waals surface area contributed by atoms with E-state index in [0.29, 0.717) is 5.41 Å². The second kappa shape index (κ2) is 3.20. The largest absolute Gasteiger partial charge is 0.214 e. The zero-order valence-electron chi connectivity index (χ0n) is 8.91. The van der Waals surface area contributed by atoms with Gasteiger partial charge in [-0.3, -0.25) is 0 Å². The molecule has 2 fully saturated rings. The maximum Gasteiger partial charge on any atom is 0.214 e. The molecule has 0 spiro atoms. The minimum Gasteiger partial charge on any atom is -0.212 e. The van der Waals surface area contributed by atoms with Gasteiger partial charge < -0.3 is 0 Å². The lowest BCUT2D eigenvalue weighted by molar-refractivity contribution is 0.372. The Hall–Kier alpha value is -0.0900. The van der Waals surface area contributed by atoms with E-state index < -0.39 is 10.0 Å². The predicted octanol–water partition coefficient (Wildman–Crippen LogP) is 1.65. The maximum atomic E-state index is 11.6. The second-order valence-electron chi connectivity index (χ2n) is 5.47. The van der Waals surface area contributed by atoms with Crippen molar-refractivity contribution in [3.05, 3.63) is 0 Å². The molecule has 0 aromatic heterocycles. The van der Waals surface area contributed by atoms with Crippen LogP contribution >= 0.6 is 0 Å². The van der Waals surface area contributed by atoms with Crippen molar-refractivity contribution in [1.29, 1.82) is 0 Å². The van der Waals surface area contributed by atoms with Crippen LogP contribution in [-0.2, 0) is 10.0 Å². The highest BCUT2D eigenvalue weighted by Crippen LogP contribution is 2.38. The van der Waals surface area contributed by atoms with E-state index in [-0.39, 0.29) is 11.3 Å². The number of hydrogen-bond donors (Lipinski definition) is 1. The Morgan fingerprint density at radius 2 is 1.86 bits per heavy atom. The van der Waals surface area contributed by atoms with Crippen molar-refractivity contribution in [2.24, 2.45) is 5.41 Å². The Kier molecular flexibility index (Phi) is 2.39. The average Bonchev–Trinajstić information content (AvgIpc) is 2.78. The minimum atomic E-state index is -2.97. The van der Waals surface area contributed by atoms with E-state index in [0.717, 1.165) is 32.1 Å². The molecule has 2 saturated carbocycles. The topological polar surface area (TPSA) is 46.2 Å². The minimum absolute atomic E-state index is 0.0776. The van der Waals surface area contributed by atoms with Gasteiger partial charge in [-0.15, -0.1) is 0 Å². The Bertz CT molecular complexity index is 317. The third kappa shape index (κ3) is 2.28. The third-order valence-corrected chi connectivity index (χ3v) is 5.27. The fourth-order valence-corrected chi connectivity index (χ4v) is 3.86. The van der Waals surface area contributed by atoms with Crippen molar-refractivity contribution in [2.75, 3.05) is 0 Å². The summed E-state index contributed by atoms with van der Waals surface area (Å²) in [5.74, 6) is 0. The van der Waals surface area contributed by atoms with Crippen molar-refractivity contribution in [2.45, 2.75) is 57.2 Å². The molecule has 1 N–H and O–H groups in total. The van der Waals surface area contributed by atoms with Crippen molar-refractivity contribution in [1.82, 2.24) is 4.72 Å². The monoisotopic (exact) mass is 217 g/mol. The molecule has 0 amide bonds. The Morgan fingerprint density at radius 3 is 2.29 bits per heavy atom. The lowest BCUT2D eigenvalue weighted by Crippen LogP contribution is -2.35. The number of hydrogen-bond acceptors (Lipinski definition) is 2. The summed E-state index contributed by atoms with van der Waals surface area (Å²) in [7, 11) is -2.97. The number of nitrogens with one attached hydrogen (secondary N) is 1. The van der Waals surface area contributed by atoms with E-state index in [2.05, 4.69) is 18.6 Å². The molecular formula is C10H19NO2S.